The minimum Gasteiger partial charge on any atom is -0.455 e. The van der Waals surface area contributed by atoms with Gasteiger partial charge in [0, 0.05) is 17.8 Å². The molecule has 1 aliphatic heterocycles. The van der Waals surface area contributed by atoms with Gasteiger partial charge in [-0.3, -0.25) is 23.7 Å². The molecule has 3 aromatic rings. The highest BCUT2D eigenvalue weighted by Crippen LogP contribution is 2.36. The maximum atomic E-state index is 12.8. The number of ether oxygens (including phenoxy) is 1. The summed E-state index contributed by atoms with van der Waals surface area (Å²) in [7, 11) is 0. The van der Waals surface area contributed by atoms with Crippen LogP contribution in [0.3, 0.4) is 0 Å². The lowest BCUT2D eigenvalue weighted by Gasteiger charge is -2.41. The largest absolute Gasteiger partial charge is 0.455 e. The first kappa shape index (κ1) is 18.2. The van der Waals surface area contributed by atoms with Crippen molar-refractivity contribution in [1.82, 2.24) is 9.38 Å². The number of esters is 1. The van der Waals surface area contributed by atoms with E-state index in [2.05, 4.69) is 10.3 Å². The van der Waals surface area contributed by atoms with Crippen LogP contribution in [0.25, 0.3) is 4.96 Å². The molecule has 0 bridgehead atoms. The predicted octanol–water partition coefficient (Wildman–Crippen LogP) is 2.25. The van der Waals surface area contributed by atoms with Crippen molar-refractivity contribution < 1.29 is 19.1 Å². The van der Waals surface area contributed by atoms with E-state index in [0.717, 1.165) is 4.96 Å². The lowest BCUT2D eigenvalue weighted by atomic mass is 9.96. The van der Waals surface area contributed by atoms with E-state index in [9.17, 15) is 14.4 Å². The van der Waals surface area contributed by atoms with Gasteiger partial charge in [-0.25, -0.2) is 4.98 Å². The van der Waals surface area contributed by atoms with Gasteiger partial charge in [0.2, 0.25) is 5.91 Å². The maximum absolute atomic E-state index is 12.8. The summed E-state index contributed by atoms with van der Waals surface area (Å²) in [5.41, 5.74) is 0.589. The highest BCUT2D eigenvalue weighted by atomic mass is 32.1. The Morgan fingerprint density at radius 3 is 2.86 bits per heavy atom. The first-order valence-electron chi connectivity index (χ1n) is 8.66. The number of anilines is 2. The molecule has 28 heavy (non-hydrogen) atoms. The number of benzene rings is 1. The number of hydrogen-bond acceptors (Lipinski definition) is 6. The van der Waals surface area contributed by atoms with E-state index >= 15 is 0 Å². The quantitative estimate of drug-likeness (QED) is 0.681. The molecule has 3 heterocycles. The van der Waals surface area contributed by atoms with Gasteiger partial charge in [0.15, 0.2) is 11.6 Å². The van der Waals surface area contributed by atoms with Crippen LogP contribution >= 0.6 is 11.3 Å². The van der Waals surface area contributed by atoms with E-state index in [4.69, 9.17) is 4.74 Å². The van der Waals surface area contributed by atoms with Crippen LogP contribution in [0.15, 0.2) is 42.0 Å². The summed E-state index contributed by atoms with van der Waals surface area (Å²) in [6.45, 7) is 2.84. The van der Waals surface area contributed by atoms with Crippen molar-refractivity contribution in [3.63, 3.8) is 0 Å². The molecule has 0 saturated heterocycles. The smallest absolute Gasteiger partial charge is 0.312 e. The molecule has 2 aromatic heterocycles. The molecule has 0 aliphatic carbocycles. The molecule has 1 aromatic carbocycles. The molecule has 0 saturated carbocycles. The molecule has 1 N–H and O–H groups in total. The Bertz CT molecular complexity index is 1060. The number of nitrogens with zero attached hydrogens (tertiary/aromatic N) is 3. The van der Waals surface area contributed by atoms with E-state index < -0.39 is 24.0 Å². The van der Waals surface area contributed by atoms with E-state index in [1.165, 1.54) is 16.2 Å². The van der Waals surface area contributed by atoms with Crippen molar-refractivity contribution in [2.45, 2.75) is 25.8 Å². The predicted molar refractivity (Wildman–Crippen MR) is 104 cm³/mol. The van der Waals surface area contributed by atoms with E-state index in [-0.39, 0.29) is 12.3 Å². The van der Waals surface area contributed by atoms with Crippen molar-refractivity contribution in [1.29, 1.82) is 0 Å². The summed E-state index contributed by atoms with van der Waals surface area (Å²) in [6.07, 6.45) is 3.58. The zero-order valence-corrected chi connectivity index (χ0v) is 16.2. The average Bonchev–Trinajstić information content (AvgIpc) is 3.22. The molecule has 0 spiro atoms. The Kier molecular flexibility index (Phi) is 4.38. The number of aromatic nitrogens is 2. The maximum Gasteiger partial charge on any atom is 0.312 e. The second-order valence-corrected chi connectivity index (χ2v) is 7.80. The van der Waals surface area contributed by atoms with Crippen LogP contribution in [-0.2, 0) is 25.5 Å². The molecule has 9 heteroatoms. The normalized spacial score (nSPS) is 15.2. The number of imidazole rings is 1. The zero-order chi connectivity index (χ0) is 19.9. The SMILES string of the molecule is CC1(C)C(=O)Nc2ccccc2N1C(=O)COC(=O)Cc1cn2ccsc2n1. The monoisotopic (exact) mass is 398 g/mol. The third kappa shape index (κ3) is 3.13. The van der Waals surface area contributed by atoms with Gasteiger partial charge in [0.05, 0.1) is 23.5 Å². The molecular weight excluding hydrogens is 380 g/mol. The third-order valence-corrected chi connectivity index (χ3v) is 5.35. The Morgan fingerprint density at radius 2 is 2.07 bits per heavy atom. The molecule has 4 rings (SSSR count). The minimum absolute atomic E-state index is 0.0256. The lowest BCUT2D eigenvalue weighted by Crippen LogP contribution is -2.59. The van der Waals surface area contributed by atoms with Crippen molar-refractivity contribution in [3.05, 3.63) is 47.7 Å². The second-order valence-electron chi connectivity index (χ2n) is 6.92. The van der Waals surface area contributed by atoms with Crippen molar-refractivity contribution >= 4 is 45.5 Å². The van der Waals surface area contributed by atoms with Crippen LogP contribution in [0.1, 0.15) is 19.5 Å². The third-order valence-electron chi connectivity index (χ3n) is 4.58. The molecule has 2 amide bonds. The summed E-state index contributed by atoms with van der Waals surface area (Å²) >= 11 is 1.47. The van der Waals surface area contributed by atoms with Crippen LogP contribution in [0.4, 0.5) is 11.4 Å². The van der Waals surface area contributed by atoms with Gasteiger partial charge < -0.3 is 10.1 Å². The number of fused-ring (bicyclic) bond motifs is 2. The van der Waals surface area contributed by atoms with Crippen LogP contribution in [0.5, 0.6) is 0 Å². The van der Waals surface area contributed by atoms with Gasteiger partial charge in [-0.15, -0.1) is 11.3 Å². The van der Waals surface area contributed by atoms with Crippen LogP contribution < -0.4 is 10.2 Å². The standard InChI is InChI=1S/C19H18N4O4S/c1-19(2)17(26)21-13-5-3-4-6-14(13)23(19)15(24)11-27-16(25)9-12-10-22-7-8-28-18(22)20-12/h3-8,10H,9,11H2,1-2H3,(H,21,26). The van der Waals surface area contributed by atoms with Gasteiger partial charge in [0.1, 0.15) is 5.54 Å². The van der Waals surface area contributed by atoms with E-state index in [0.29, 0.717) is 17.1 Å². The number of carbonyl (C=O) groups is 3. The van der Waals surface area contributed by atoms with Crippen molar-refractivity contribution in [2.24, 2.45) is 0 Å². The summed E-state index contributed by atoms with van der Waals surface area (Å²) in [5, 5.41) is 4.69. The van der Waals surface area contributed by atoms with Crippen molar-refractivity contribution in [2.75, 3.05) is 16.8 Å². The number of rotatable bonds is 4. The second kappa shape index (κ2) is 6.75. The van der Waals surface area contributed by atoms with Crippen molar-refractivity contribution in [3.8, 4) is 0 Å². The summed E-state index contributed by atoms with van der Waals surface area (Å²) in [6, 6.07) is 7.02. The number of nitrogens with one attached hydrogen (secondary N) is 1. The zero-order valence-electron chi connectivity index (χ0n) is 15.3. The first-order valence-corrected chi connectivity index (χ1v) is 9.54. The fourth-order valence-corrected chi connectivity index (χ4v) is 3.88. The topological polar surface area (TPSA) is 93.0 Å². The minimum atomic E-state index is -1.11. The lowest BCUT2D eigenvalue weighted by molar-refractivity contribution is -0.147. The van der Waals surface area contributed by atoms with Gasteiger partial charge in [-0.1, -0.05) is 12.1 Å². The summed E-state index contributed by atoms with van der Waals surface area (Å²) in [5.74, 6) is -1.32. The molecule has 0 unspecified atom stereocenters. The molecule has 0 atom stereocenters. The number of thiazole rings is 1. The summed E-state index contributed by atoms with van der Waals surface area (Å²) < 4.78 is 6.99. The molecule has 8 nitrogen and oxygen atoms in total. The first-order chi connectivity index (χ1) is 13.4. The Balaban J connectivity index is 1.45. The number of para-hydroxylation sites is 2. The fraction of sp³-hybridized carbons (Fsp3) is 0.263. The van der Waals surface area contributed by atoms with Crippen LogP contribution in [0, 0.1) is 0 Å². The van der Waals surface area contributed by atoms with Gasteiger partial charge in [-0.2, -0.15) is 0 Å². The molecule has 144 valence electrons. The molecule has 0 fully saturated rings. The Labute approximate surface area is 164 Å². The molecule has 0 radical (unpaired) electrons. The molecular formula is C19H18N4O4S. The van der Waals surface area contributed by atoms with E-state index in [1.807, 2.05) is 16.0 Å². The highest BCUT2D eigenvalue weighted by molar-refractivity contribution is 7.15. The number of hydrogen-bond donors (Lipinski definition) is 1. The van der Waals surface area contributed by atoms with Gasteiger partial charge >= 0.3 is 5.97 Å². The highest BCUT2D eigenvalue weighted by Gasteiger charge is 2.43. The average molecular weight is 398 g/mol. The Morgan fingerprint density at radius 1 is 1.29 bits per heavy atom. The van der Waals surface area contributed by atoms with Gasteiger partial charge in [-0.05, 0) is 26.0 Å². The number of carbonyl (C=O) groups excluding carboxylic acids is 3. The molecule has 1 aliphatic rings. The fourth-order valence-electron chi connectivity index (χ4n) is 3.17. The van der Waals surface area contributed by atoms with Gasteiger partial charge in [0.25, 0.3) is 5.91 Å². The van der Waals surface area contributed by atoms with E-state index in [1.54, 1.807) is 44.3 Å². The van der Waals surface area contributed by atoms with Crippen LogP contribution in [-0.4, -0.2) is 39.3 Å². The Hall–Kier alpha value is -3.20. The number of amides is 2. The summed E-state index contributed by atoms with van der Waals surface area (Å²) in [4.78, 5) is 43.9. The van der Waals surface area contributed by atoms with Crippen LogP contribution in [0.2, 0.25) is 0 Å².